The molecule has 0 aliphatic carbocycles. The van der Waals surface area contributed by atoms with E-state index in [0.717, 1.165) is 22.6 Å². The van der Waals surface area contributed by atoms with E-state index >= 15 is 0 Å². The Kier molecular flexibility index (Phi) is 5.46. The predicted molar refractivity (Wildman–Crippen MR) is 113 cm³/mol. The van der Waals surface area contributed by atoms with E-state index in [9.17, 15) is 14.3 Å². The monoisotopic (exact) mass is 406 g/mol. The highest BCUT2D eigenvalue weighted by molar-refractivity contribution is 5.94. The van der Waals surface area contributed by atoms with Crippen molar-refractivity contribution in [3.8, 4) is 11.3 Å². The number of hydrogen-bond acceptors (Lipinski definition) is 5. The molecule has 30 heavy (non-hydrogen) atoms. The van der Waals surface area contributed by atoms with E-state index in [4.69, 9.17) is 4.98 Å². The van der Waals surface area contributed by atoms with Crippen LogP contribution in [-0.4, -0.2) is 41.1 Å². The highest BCUT2D eigenvalue weighted by atomic mass is 19.1. The van der Waals surface area contributed by atoms with Crippen LogP contribution >= 0.6 is 0 Å². The van der Waals surface area contributed by atoms with Crippen LogP contribution in [0.15, 0.2) is 60.9 Å². The summed E-state index contributed by atoms with van der Waals surface area (Å²) in [4.78, 5) is 22.9. The minimum absolute atomic E-state index is 0.136. The van der Waals surface area contributed by atoms with Crippen molar-refractivity contribution in [2.24, 2.45) is 0 Å². The molecule has 1 aliphatic heterocycles. The van der Waals surface area contributed by atoms with Gasteiger partial charge in [0.05, 0.1) is 23.7 Å². The molecule has 2 N–H and O–H groups in total. The molecule has 0 atom stereocenters. The number of benzene rings is 2. The Hall–Kier alpha value is -3.32. The van der Waals surface area contributed by atoms with Gasteiger partial charge in [0, 0.05) is 31.3 Å². The zero-order chi connectivity index (χ0) is 21.1. The molecule has 3 aromatic rings. The summed E-state index contributed by atoms with van der Waals surface area (Å²) in [7, 11) is 1.60. The second kappa shape index (κ2) is 8.20. The average Bonchev–Trinajstić information content (AvgIpc) is 2.79. The zero-order valence-electron chi connectivity index (χ0n) is 16.7. The molecule has 0 radical (unpaired) electrons. The quantitative estimate of drug-likeness (QED) is 0.696. The number of nitrogens with one attached hydrogen (secondary N) is 1. The molecule has 1 aliphatic rings. The van der Waals surface area contributed by atoms with Crippen molar-refractivity contribution in [1.82, 2.24) is 15.3 Å². The van der Waals surface area contributed by atoms with Gasteiger partial charge in [0.1, 0.15) is 11.6 Å². The number of amides is 1. The van der Waals surface area contributed by atoms with E-state index in [2.05, 4.69) is 15.2 Å². The summed E-state index contributed by atoms with van der Waals surface area (Å²) in [6.07, 6.45) is 4.44. The molecule has 0 bridgehead atoms. The van der Waals surface area contributed by atoms with Crippen LogP contribution in [0.1, 0.15) is 28.8 Å². The van der Waals surface area contributed by atoms with E-state index in [1.807, 2.05) is 12.1 Å². The molecule has 6 nitrogen and oxygen atoms in total. The summed E-state index contributed by atoms with van der Waals surface area (Å²) < 4.78 is 13.2. The number of hydrogen-bond donors (Lipinski definition) is 2. The van der Waals surface area contributed by atoms with Crippen LogP contribution < -0.4 is 10.2 Å². The number of carbonyl (C=O) groups excluding carboxylic acids is 1. The van der Waals surface area contributed by atoms with Crippen molar-refractivity contribution in [2.45, 2.75) is 18.4 Å². The van der Waals surface area contributed by atoms with Gasteiger partial charge >= 0.3 is 0 Å². The van der Waals surface area contributed by atoms with Gasteiger partial charge in [-0.3, -0.25) is 9.78 Å². The van der Waals surface area contributed by atoms with E-state index in [0.29, 0.717) is 31.5 Å². The molecule has 0 unspecified atom stereocenters. The Morgan fingerprint density at radius 1 is 1.07 bits per heavy atom. The standard InChI is InChI=1S/C23H23FN4O2/c1-25-22(29)17-4-2-16(3-5-17)20-14-26-15-21(27-20)28-12-10-23(30,11-13-28)18-6-8-19(24)9-7-18/h2-9,14-15,30H,10-13H2,1H3,(H,25,29). The Balaban J connectivity index is 1.48. The summed E-state index contributed by atoms with van der Waals surface area (Å²) in [5.74, 6) is 0.294. The van der Waals surface area contributed by atoms with Gasteiger partial charge in [0.2, 0.25) is 0 Å². The van der Waals surface area contributed by atoms with Gasteiger partial charge in [-0.25, -0.2) is 9.37 Å². The molecule has 1 saturated heterocycles. The SMILES string of the molecule is CNC(=O)c1ccc(-c2cncc(N3CCC(O)(c4ccc(F)cc4)CC3)n2)cc1. The maximum absolute atomic E-state index is 13.2. The molecular weight excluding hydrogens is 383 g/mol. The van der Waals surface area contributed by atoms with Crippen LogP contribution in [0, 0.1) is 5.82 Å². The number of piperidine rings is 1. The molecular formula is C23H23FN4O2. The lowest BCUT2D eigenvalue weighted by atomic mass is 9.84. The molecule has 0 saturated carbocycles. The van der Waals surface area contributed by atoms with Crippen molar-refractivity contribution in [3.63, 3.8) is 0 Å². The van der Waals surface area contributed by atoms with Gasteiger partial charge in [0.15, 0.2) is 0 Å². The van der Waals surface area contributed by atoms with E-state index in [1.54, 1.807) is 43.7 Å². The van der Waals surface area contributed by atoms with E-state index in [-0.39, 0.29) is 11.7 Å². The molecule has 0 spiro atoms. The molecule has 2 aromatic carbocycles. The first-order valence-electron chi connectivity index (χ1n) is 9.86. The fourth-order valence-corrected chi connectivity index (χ4v) is 3.74. The third-order valence-corrected chi connectivity index (χ3v) is 5.59. The van der Waals surface area contributed by atoms with Crippen molar-refractivity contribution in [1.29, 1.82) is 0 Å². The van der Waals surface area contributed by atoms with Crippen LogP contribution in [0.3, 0.4) is 0 Å². The topological polar surface area (TPSA) is 78.4 Å². The first-order chi connectivity index (χ1) is 14.5. The molecule has 1 fully saturated rings. The number of aromatic nitrogens is 2. The largest absolute Gasteiger partial charge is 0.385 e. The fourth-order valence-electron chi connectivity index (χ4n) is 3.74. The van der Waals surface area contributed by atoms with Crippen LogP contribution in [0.4, 0.5) is 10.2 Å². The van der Waals surface area contributed by atoms with Crippen LogP contribution in [0.25, 0.3) is 11.3 Å². The van der Waals surface area contributed by atoms with Crippen LogP contribution in [0.5, 0.6) is 0 Å². The zero-order valence-corrected chi connectivity index (χ0v) is 16.7. The first-order valence-corrected chi connectivity index (χ1v) is 9.86. The third kappa shape index (κ3) is 4.02. The Labute approximate surface area is 174 Å². The predicted octanol–water partition coefficient (Wildman–Crippen LogP) is 3.13. The molecule has 2 heterocycles. The Bertz CT molecular complexity index is 1030. The summed E-state index contributed by atoms with van der Waals surface area (Å²) >= 11 is 0. The smallest absolute Gasteiger partial charge is 0.251 e. The summed E-state index contributed by atoms with van der Waals surface area (Å²) in [5, 5.41) is 13.6. The molecule has 154 valence electrons. The Morgan fingerprint density at radius 3 is 2.37 bits per heavy atom. The Morgan fingerprint density at radius 2 is 1.73 bits per heavy atom. The minimum Gasteiger partial charge on any atom is -0.385 e. The maximum atomic E-state index is 13.2. The minimum atomic E-state index is -0.967. The number of anilines is 1. The second-order valence-corrected chi connectivity index (χ2v) is 7.44. The third-order valence-electron chi connectivity index (χ3n) is 5.59. The lowest BCUT2D eigenvalue weighted by molar-refractivity contribution is 0.0116. The van der Waals surface area contributed by atoms with Crippen LogP contribution in [0.2, 0.25) is 0 Å². The lowest BCUT2D eigenvalue weighted by Gasteiger charge is -2.39. The van der Waals surface area contributed by atoms with Crippen molar-refractivity contribution in [3.05, 3.63) is 77.9 Å². The summed E-state index contributed by atoms with van der Waals surface area (Å²) in [6.45, 7) is 1.23. The first kappa shape index (κ1) is 20.0. The summed E-state index contributed by atoms with van der Waals surface area (Å²) in [6, 6.07) is 13.3. The van der Waals surface area contributed by atoms with Gasteiger partial charge in [-0.15, -0.1) is 0 Å². The van der Waals surface area contributed by atoms with Gasteiger partial charge in [0.25, 0.3) is 5.91 Å². The molecule has 1 amide bonds. The van der Waals surface area contributed by atoms with Gasteiger partial charge in [-0.2, -0.15) is 0 Å². The number of aliphatic hydroxyl groups is 1. The van der Waals surface area contributed by atoms with Gasteiger partial charge in [-0.1, -0.05) is 24.3 Å². The van der Waals surface area contributed by atoms with Crippen molar-refractivity contribution >= 4 is 11.7 Å². The van der Waals surface area contributed by atoms with Crippen molar-refractivity contribution in [2.75, 3.05) is 25.0 Å². The normalized spacial score (nSPS) is 15.6. The molecule has 7 heteroatoms. The molecule has 1 aromatic heterocycles. The molecule has 4 rings (SSSR count). The highest BCUT2D eigenvalue weighted by Crippen LogP contribution is 2.34. The fraction of sp³-hybridized carbons (Fsp3) is 0.261. The van der Waals surface area contributed by atoms with Crippen LogP contribution in [-0.2, 0) is 5.60 Å². The van der Waals surface area contributed by atoms with E-state index in [1.165, 1.54) is 12.1 Å². The second-order valence-electron chi connectivity index (χ2n) is 7.44. The number of nitrogens with zero attached hydrogens (tertiary/aromatic N) is 3. The van der Waals surface area contributed by atoms with Gasteiger partial charge in [-0.05, 0) is 42.7 Å². The highest BCUT2D eigenvalue weighted by Gasteiger charge is 2.34. The lowest BCUT2D eigenvalue weighted by Crippen LogP contribution is -2.43. The average molecular weight is 406 g/mol. The van der Waals surface area contributed by atoms with Gasteiger partial charge < -0.3 is 15.3 Å². The number of rotatable bonds is 4. The number of halogens is 1. The summed E-state index contributed by atoms with van der Waals surface area (Å²) in [5.41, 5.74) is 1.94. The maximum Gasteiger partial charge on any atom is 0.251 e. The number of carbonyl (C=O) groups is 1. The van der Waals surface area contributed by atoms with Crippen molar-refractivity contribution < 1.29 is 14.3 Å². The van der Waals surface area contributed by atoms with E-state index < -0.39 is 5.60 Å².